The van der Waals surface area contributed by atoms with Crippen molar-refractivity contribution in [2.24, 2.45) is 0 Å². The number of amides is 1. The van der Waals surface area contributed by atoms with Crippen molar-refractivity contribution in [3.63, 3.8) is 0 Å². The van der Waals surface area contributed by atoms with E-state index < -0.39 is 0 Å². The minimum absolute atomic E-state index is 0.190. The second-order valence-corrected chi connectivity index (χ2v) is 4.53. The van der Waals surface area contributed by atoms with E-state index in [4.69, 9.17) is 4.42 Å². The molecule has 1 aromatic carbocycles. The summed E-state index contributed by atoms with van der Waals surface area (Å²) in [5, 5.41) is 11.1. The summed E-state index contributed by atoms with van der Waals surface area (Å²) < 4.78 is 4.94. The molecule has 0 aliphatic carbocycles. The van der Waals surface area contributed by atoms with Crippen LogP contribution in [0.1, 0.15) is 22.0 Å². The van der Waals surface area contributed by atoms with E-state index in [2.05, 4.69) is 15.5 Å². The van der Waals surface area contributed by atoms with E-state index in [9.17, 15) is 4.79 Å². The predicted molar refractivity (Wildman–Crippen MR) is 75.4 cm³/mol. The summed E-state index contributed by atoms with van der Waals surface area (Å²) in [6.07, 6.45) is 6.12. The Morgan fingerprint density at radius 3 is 2.62 bits per heavy atom. The molecule has 0 aliphatic rings. The number of furan rings is 1. The first-order valence-corrected chi connectivity index (χ1v) is 6.55. The molecule has 0 unspecified atom stereocenters. The van der Waals surface area contributed by atoms with Crippen LogP contribution in [0.25, 0.3) is 0 Å². The van der Waals surface area contributed by atoms with Gasteiger partial charge in [-0.25, -0.2) is 0 Å². The third kappa shape index (κ3) is 3.17. The first-order chi connectivity index (χ1) is 10.3. The summed E-state index contributed by atoms with van der Waals surface area (Å²) >= 11 is 0. The number of hydrogen-bond acceptors (Lipinski definition) is 4. The van der Waals surface area contributed by atoms with Gasteiger partial charge in [-0.15, -0.1) is 0 Å². The normalized spacial score (nSPS) is 12.0. The van der Waals surface area contributed by atoms with Gasteiger partial charge in [-0.1, -0.05) is 30.3 Å². The van der Waals surface area contributed by atoms with Crippen molar-refractivity contribution in [3.8, 4) is 0 Å². The molecule has 0 radical (unpaired) electrons. The summed E-state index contributed by atoms with van der Waals surface area (Å²) in [6.45, 7) is 0.459. The Kier molecular flexibility index (Phi) is 3.77. The maximum absolute atomic E-state index is 12.2. The van der Waals surface area contributed by atoms with E-state index >= 15 is 0 Å². The van der Waals surface area contributed by atoms with Gasteiger partial charge < -0.3 is 9.73 Å². The van der Waals surface area contributed by atoms with E-state index in [1.54, 1.807) is 23.3 Å². The molecule has 2 heterocycles. The van der Waals surface area contributed by atoms with E-state index in [1.807, 2.05) is 30.3 Å². The maximum atomic E-state index is 12.2. The Morgan fingerprint density at radius 2 is 1.95 bits per heavy atom. The van der Waals surface area contributed by atoms with Crippen LogP contribution < -0.4 is 5.32 Å². The minimum atomic E-state index is -0.221. The fourth-order valence-electron chi connectivity index (χ4n) is 2.06. The van der Waals surface area contributed by atoms with Gasteiger partial charge >= 0.3 is 0 Å². The van der Waals surface area contributed by atoms with Gasteiger partial charge in [0.1, 0.15) is 6.26 Å². The van der Waals surface area contributed by atoms with Crippen LogP contribution in [0, 0.1) is 0 Å². The molecule has 2 aromatic heterocycles. The number of hydrogen-bond donors (Lipinski definition) is 1. The maximum Gasteiger partial charge on any atom is 0.255 e. The van der Waals surface area contributed by atoms with Crippen LogP contribution in [0.4, 0.5) is 0 Å². The smallest absolute Gasteiger partial charge is 0.255 e. The summed E-state index contributed by atoms with van der Waals surface area (Å²) in [7, 11) is 0. The van der Waals surface area contributed by atoms with E-state index in [0.29, 0.717) is 12.1 Å². The predicted octanol–water partition coefficient (Wildman–Crippen LogP) is 2.04. The van der Waals surface area contributed by atoms with Crippen molar-refractivity contribution in [2.75, 3.05) is 0 Å². The van der Waals surface area contributed by atoms with Crippen LogP contribution in [0.2, 0.25) is 0 Å². The highest BCUT2D eigenvalue weighted by Gasteiger charge is 2.17. The fraction of sp³-hybridized carbons (Fsp3) is 0.133. The fourth-order valence-corrected chi connectivity index (χ4v) is 2.06. The zero-order valence-corrected chi connectivity index (χ0v) is 11.2. The molecule has 106 valence electrons. The lowest BCUT2D eigenvalue weighted by molar-refractivity contribution is 0.0930. The van der Waals surface area contributed by atoms with Crippen molar-refractivity contribution < 1.29 is 9.21 Å². The summed E-state index contributed by atoms with van der Waals surface area (Å²) in [5.41, 5.74) is 1.48. The molecule has 1 atom stereocenters. The van der Waals surface area contributed by atoms with Gasteiger partial charge in [0.05, 0.1) is 36.8 Å². The zero-order chi connectivity index (χ0) is 14.5. The molecule has 0 saturated heterocycles. The quantitative estimate of drug-likeness (QED) is 0.777. The second-order valence-electron chi connectivity index (χ2n) is 4.53. The Balaban J connectivity index is 1.80. The van der Waals surface area contributed by atoms with Gasteiger partial charge in [0.2, 0.25) is 0 Å². The standard InChI is InChI=1S/C15H14N4O2/c20-15(13-6-9-21-11-13)18-14(10-19-16-7-8-17-19)12-4-2-1-3-5-12/h1-9,11,14H,10H2,(H,18,20)/t14-/m1/s1. The third-order valence-electron chi connectivity index (χ3n) is 3.10. The molecule has 1 amide bonds. The highest BCUT2D eigenvalue weighted by Crippen LogP contribution is 2.15. The number of aromatic nitrogens is 3. The van der Waals surface area contributed by atoms with Crippen molar-refractivity contribution in [3.05, 3.63) is 72.4 Å². The number of benzene rings is 1. The van der Waals surface area contributed by atoms with Gasteiger partial charge in [-0.3, -0.25) is 4.79 Å². The highest BCUT2D eigenvalue weighted by atomic mass is 16.3. The monoisotopic (exact) mass is 282 g/mol. The Bertz CT molecular complexity index is 678. The van der Waals surface area contributed by atoms with Crippen molar-refractivity contribution >= 4 is 5.91 Å². The lowest BCUT2D eigenvalue weighted by Crippen LogP contribution is -2.31. The molecule has 0 bridgehead atoms. The van der Waals surface area contributed by atoms with E-state index in [1.165, 1.54) is 12.5 Å². The Labute approximate surface area is 121 Å². The highest BCUT2D eigenvalue weighted by molar-refractivity contribution is 5.94. The van der Waals surface area contributed by atoms with E-state index in [0.717, 1.165) is 5.56 Å². The third-order valence-corrected chi connectivity index (χ3v) is 3.10. The van der Waals surface area contributed by atoms with Gasteiger partial charge in [0.25, 0.3) is 5.91 Å². The molecule has 1 N–H and O–H groups in total. The van der Waals surface area contributed by atoms with Crippen LogP contribution >= 0.6 is 0 Å². The molecule has 0 saturated carbocycles. The SMILES string of the molecule is O=C(N[C@H](Cn1nccn1)c1ccccc1)c1ccoc1. The number of nitrogens with one attached hydrogen (secondary N) is 1. The summed E-state index contributed by atoms with van der Waals surface area (Å²) in [5.74, 6) is -0.190. The van der Waals surface area contributed by atoms with Gasteiger partial charge in [-0.05, 0) is 11.6 Å². The number of rotatable bonds is 5. The average molecular weight is 282 g/mol. The Morgan fingerprint density at radius 1 is 1.19 bits per heavy atom. The van der Waals surface area contributed by atoms with Crippen molar-refractivity contribution in [1.29, 1.82) is 0 Å². The molecule has 3 rings (SSSR count). The van der Waals surface area contributed by atoms with E-state index in [-0.39, 0.29) is 11.9 Å². The average Bonchev–Trinajstić information content (AvgIpc) is 3.21. The van der Waals surface area contributed by atoms with Crippen molar-refractivity contribution in [2.45, 2.75) is 12.6 Å². The molecule has 6 heteroatoms. The first kappa shape index (κ1) is 13.1. The lowest BCUT2D eigenvalue weighted by atomic mass is 10.1. The molecule has 21 heavy (non-hydrogen) atoms. The van der Waals surface area contributed by atoms with Crippen LogP contribution in [-0.2, 0) is 6.54 Å². The zero-order valence-electron chi connectivity index (χ0n) is 11.2. The second kappa shape index (κ2) is 6.04. The van der Waals surface area contributed by atoms with Crippen LogP contribution in [-0.4, -0.2) is 20.9 Å². The van der Waals surface area contributed by atoms with Gasteiger partial charge in [0.15, 0.2) is 0 Å². The molecule has 0 spiro atoms. The molecule has 3 aromatic rings. The summed E-state index contributed by atoms with van der Waals surface area (Å²) in [4.78, 5) is 13.7. The topological polar surface area (TPSA) is 73.0 Å². The molecular formula is C15H14N4O2. The first-order valence-electron chi connectivity index (χ1n) is 6.55. The van der Waals surface area contributed by atoms with Crippen LogP contribution in [0.15, 0.2) is 65.7 Å². The molecule has 0 aliphatic heterocycles. The lowest BCUT2D eigenvalue weighted by Gasteiger charge is -2.18. The molecule has 0 fully saturated rings. The summed E-state index contributed by atoms with van der Waals surface area (Å²) in [6, 6.07) is 11.1. The van der Waals surface area contributed by atoms with Gasteiger partial charge in [0, 0.05) is 0 Å². The molecular weight excluding hydrogens is 268 g/mol. The molecule has 6 nitrogen and oxygen atoms in total. The van der Waals surface area contributed by atoms with Crippen LogP contribution in [0.3, 0.4) is 0 Å². The largest absolute Gasteiger partial charge is 0.472 e. The number of nitrogens with zero attached hydrogens (tertiary/aromatic N) is 3. The van der Waals surface area contributed by atoms with Crippen molar-refractivity contribution in [1.82, 2.24) is 20.3 Å². The Hall–Kier alpha value is -2.89. The number of carbonyl (C=O) groups excluding carboxylic acids is 1. The van der Waals surface area contributed by atoms with Crippen LogP contribution in [0.5, 0.6) is 0 Å². The number of carbonyl (C=O) groups is 1. The minimum Gasteiger partial charge on any atom is -0.472 e. The van der Waals surface area contributed by atoms with Gasteiger partial charge in [-0.2, -0.15) is 15.0 Å².